The van der Waals surface area contributed by atoms with Crippen LogP contribution in [0.2, 0.25) is 0 Å². The van der Waals surface area contributed by atoms with Crippen LogP contribution in [-0.2, 0) is 18.9 Å². The predicted molar refractivity (Wildman–Crippen MR) is 139 cm³/mol. The van der Waals surface area contributed by atoms with Crippen LogP contribution >= 0.6 is 0 Å². The Balaban J connectivity index is 1.31. The van der Waals surface area contributed by atoms with Crippen molar-refractivity contribution in [3.63, 3.8) is 0 Å². The molecule has 0 bridgehead atoms. The van der Waals surface area contributed by atoms with E-state index in [0.717, 1.165) is 18.5 Å². The molecule has 12 nitrogen and oxygen atoms in total. The molecule has 0 radical (unpaired) electrons. The molecule has 1 fully saturated rings. The van der Waals surface area contributed by atoms with Crippen LogP contribution in [-0.4, -0.2) is 56.9 Å². The topological polar surface area (TPSA) is 161 Å². The number of fused-ring (bicyclic) bond motifs is 1. The third-order valence-electron chi connectivity index (χ3n) is 6.55. The van der Waals surface area contributed by atoms with Gasteiger partial charge < -0.3 is 24.8 Å². The molecule has 1 aromatic carbocycles. The molecule has 4 aromatic heterocycles. The summed E-state index contributed by atoms with van der Waals surface area (Å²) in [6, 6.07) is 9.40. The van der Waals surface area contributed by atoms with Gasteiger partial charge in [-0.2, -0.15) is 18.2 Å². The van der Waals surface area contributed by atoms with Crippen LogP contribution in [0.5, 0.6) is 11.8 Å². The van der Waals surface area contributed by atoms with Gasteiger partial charge in [0.15, 0.2) is 17.0 Å². The fraction of sp³-hybridized carbons (Fsp3) is 0.259. The molecular formula is C27H22F3N7O5. The van der Waals surface area contributed by atoms with Crippen molar-refractivity contribution in [3.05, 3.63) is 72.1 Å². The summed E-state index contributed by atoms with van der Waals surface area (Å²) in [4.78, 5) is 25.8. The van der Waals surface area contributed by atoms with Crippen LogP contribution in [0.3, 0.4) is 0 Å². The molecule has 1 aliphatic carbocycles. The number of halogens is 3. The van der Waals surface area contributed by atoms with E-state index in [2.05, 4.69) is 29.9 Å². The van der Waals surface area contributed by atoms with E-state index in [1.165, 1.54) is 25.6 Å². The van der Waals surface area contributed by atoms with E-state index in [1.807, 2.05) is 0 Å². The highest BCUT2D eigenvalue weighted by molar-refractivity contribution is 5.82. The first-order valence-electron chi connectivity index (χ1n) is 12.6. The normalized spacial score (nSPS) is 13.9. The second kappa shape index (κ2) is 10.3. The van der Waals surface area contributed by atoms with E-state index in [4.69, 9.17) is 9.47 Å². The summed E-state index contributed by atoms with van der Waals surface area (Å²) in [5.41, 5.74) is 1.56. The fourth-order valence-electron chi connectivity index (χ4n) is 4.42. The number of hydrogen-bond donors (Lipinski definition) is 3. The van der Waals surface area contributed by atoms with Gasteiger partial charge in [0.2, 0.25) is 11.8 Å². The molecule has 0 aliphatic heterocycles. The minimum atomic E-state index is -4.87. The van der Waals surface area contributed by atoms with E-state index in [9.17, 15) is 28.5 Å². The SMILES string of the molecule is COc1ncnc(C2CC2)c1-c1nc(OCc2ccc(-c3nc(C(F)(F)F)cn3C(O)(O)O)cc2)c2ncccc2n1. The maximum absolute atomic E-state index is 13.2. The largest absolute Gasteiger partial charge is 0.480 e. The maximum Gasteiger partial charge on any atom is 0.434 e. The smallest absolute Gasteiger partial charge is 0.434 e. The Kier molecular flexibility index (Phi) is 6.71. The highest BCUT2D eigenvalue weighted by Gasteiger charge is 2.38. The number of benzene rings is 1. The summed E-state index contributed by atoms with van der Waals surface area (Å²) in [6.07, 6.45) is -3.18. The molecule has 216 valence electrons. The van der Waals surface area contributed by atoms with Crippen LogP contribution in [0.4, 0.5) is 13.2 Å². The monoisotopic (exact) mass is 581 g/mol. The molecular weight excluding hydrogens is 559 g/mol. The summed E-state index contributed by atoms with van der Waals surface area (Å²) in [5, 5.41) is 28.7. The van der Waals surface area contributed by atoms with Gasteiger partial charge in [0.25, 0.3) is 0 Å². The first-order chi connectivity index (χ1) is 20.0. The minimum absolute atomic E-state index is 0.00745. The van der Waals surface area contributed by atoms with Gasteiger partial charge in [0.1, 0.15) is 24.3 Å². The second-order valence-electron chi connectivity index (χ2n) is 9.54. The van der Waals surface area contributed by atoms with Crippen molar-refractivity contribution in [1.29, 1.82) is 0 Å². The molecule has 5 aromatic rings. The Bertz CT molecular complexity index is 1770. The molecule has 3 N–H and O–H groups in total. The van der Waals surface area contributed by atoms with Crippen LogP contribution in [0.15, 0.2) is 55.1 Å². The Morgan fingerprint density at radius 2 is 1.71 bits per heavy atom. The molecule has 42 heavy (non-hydrogen) atoms. The van der Waals surface area contributed by atoms with Gasteiger partial charge in [0.05, 0.1) is 18.3 Å². The number of aromatic nitrogens is 7. The van der Waals surface area contributed by atoms with Crippen LogP contribution < -0.4 is 9.47 Å². The van der Waals surface area contributed by atoms with Crippen LogP contribution in [0, 0.1) is 0 Å². The number of nitrogens with zero attached hydrogens (tertiary/aromatic N) is 7. The van der Waals surface area contributed by atoms with Crippen molar-refractivity contribution >= 4 is 11.0 Å². The van der Waals surface area contributed by atoms with Crippen molar-refractivity contribution in [1.82, 2.24) is 34.5 Å². The number of aliphatic hydroxyl groups is 3. The third kappa shape index (κ3) is 5.32. The molecule has 0 spiro atoms. The molecule has 0 saturated heterocycles. The lowest BCUT2D eigenvalue weighted by Gasteiger charge is -2.18. The van der Waals surface area contributed by atoms with E-state index < -0.39 is 23.8 Å². The zero-order chi connectivity index (χ0) is 29.6. The molecule has 0 amide bonds. The highest BCUT2D eigenvalue weighted by Crippen LogP contribution is 2.45. The van der Waals surface area contributed by atoms with E-state index in [0.29, 0.717) is 40.1 Å². The number of imidazole rings is 1. The van der Waals surface area contributed by atoms with Crippen LogP contribution in [0.1, 0.15) is 35.7 Å². The van der Waals surface area contributed by atoms with Gasteiger partial charge in [-0.15, -0.1) is 0 Å². The van der Waals surface area contributed by atoms with Gasteiger partial charge in [0, 0.05) is 23.9 Å². The second-order valence-corrected chi connectivity index (χ2v) is 9.54. The molecule has 4 heterocycles. The molecule has 0 atom stereocenters. The summed E-state index contributed by atoms with van der Waals surface area (Å²) in [6.45, 7) is -0.00745. The Labute approximate surface area is 235 Å². The van der Waals surface area contributed by atoms with Crippen molar-refractivity contribution in [2.75, 3.05) is 7.11 Å². The van der Waals surface area contributed by atoms with Crippen molar-refractivity contribution in [2.24, 2.45) is 0 Å². The summed E-state index contributed by atoms with van der Waals surface area (Å²) < 4.78 is 51.3. The standard InChI is InChI=1S/C27H22F3N7O5/c1-41-24-19(20(15-8-9-15)32-13-33-24)22-34-17-3-2-10-31-21(17)25(36-22)42-12-14-4-6-16(7-5-14)23-35-18(26(28,29)30)11-37(23)27(38,39)40/h2-7,10-11,13,15,38-40H,8-9,12H2,1H3. The predicted octanol–water partition coefficient (Wildman–Crippen LogP) is 3.37. The van der Waals surface area contributed by atoms with Crippen molar-refractivity contribution in [3.8, 4) is 34.5 Å². The van der Waals surface area contributed by atoms with Crippen molar-refractivity contribution < 1.29 is 38.0 Å². The van der Waals surface area contributed by atoms with E-state index >= 15 is 0 Å². The molecule has 0 unspecified atom stereocenters. The average Bonchev–Trinajstić information content (AvgIpc) is 3.70. The molecule has 15 heteroatoms. The summed E-state index contributed by atoms with van der Waals surface area (Å²) >= 11 is 0. The number of methoxy groups -OCH3 is 1. The van der Waals surface area contributed by atoms with Crippen molar-refractivity contribution in [2.45, 2.75) is 37.6 Å². The Morgan fingerprint density at radius 1 is 0.952 bits per heavy atom. The minimum Gasteiger partial charge on any atom is -0.480 e. The molecule has 1 aliphatic rings. The highest BCUT2D eigenvalue weighted by atomic mass is 19.4. The first-order valence-corrected chi connectivity index (χ1v) is 12.6. The molecule has 1 saturated carbocycles. The first kappa shape index (κ1) is 27.4. The third-order valence-corrected chi connectivity index (χ3v) is 6.55. The fourth-order valence-corrected chi connectivity index (χ4v) is 4.42. The lowest BCUT2D eigenvalue weighted by molar-refractivity contribution is -0.374. The maximum atomic E-state index is 13.2. The quantitative estimate of drug-likeness (QED) is 0.230. The van der Waals surface area contributed by atoms with Gasteiger partial charge in [-0.1, -0.05) is 24.3 Å². The number of rotatable bonds is 8. The van der Waals surface area contributed by atoms with E-state index in [-0.39, 0.29) is 28.5 Å². The van der Waals surface area contributed by atoms with Gasteiger partial charge in [-0.05, 0) is 30.5 Å². The molecule has 6 rings (SSSR count). The number of alkyl halides is 3. The number of pyridine rings is 1. The zero-order valence-corrected chi connectivity index (χ0v) is 21.8. The van der Waals surface area contributed by atoms with Crippen LogP contribution in [0.25, 0.3) is 33.8 Å². The summed E-state index contributed by atoms with van der Waals surface area (Å²) in [7, 11) is 1.50. The summed E-state index contributed by atoms with van der Waals surface area (Å²) in [5.74, 6) is 0.574. The van der Waals surface area contributed by atoms with Gasteiger partial charge >= 0.3 is 12.3 Å². The average molecular weight is 582 g/mol. The van der Waals surface area contributed by atoms with E-state index in [1.54, 1.807) is 30.5 Å². The van der Waals surface area contributed by atoms with Gasteiger partial charge in [-0.3, -0.25) is 4.57 Å². The Morgan fingerprint density at radius 3 is 2.38 bits per heavy atom. The lowest BCUT2D eigenvalue weighted by Crippen LogP contribution is -2.32. The van der Waals surface area contributed by atoms with Gasteiger partial charge in [-0.25, -0.2) is 24.9 Å². The Hall–Kier alpha value is -4.73. The number of ether oxygens (including phenoxy) is 2. The lowest BCUT2D eigenvalue weighted by atomic mass is 10.1. The number of hydrogen-bond acceptors (Lipinski definition) is 11. The zero-order valence-electron chi connectivity index (χ0n) is 21.8.